The molecule has 0 aliphatic carbocycles. The Labute approximate surface area is 111 Å². The van der Waals surface area contributed by atoms with Gasteiger partial charge in [-0.2, -0.15) is 0 Å². The Balaban J connectivity index is 1.96. The molecule has 4 nitrogen and oxygen atoms in total. The molecule has 0 amide bonds. The summed E-state index contributed by atoms with van der Waals surface area (Å²) in [5.74, 6) is -0.940. The van der Waals surface area contributed by atoms with Crippen molar-refractivity contribution in [3.63, 3.8) is 0 Å². The first-order valence-corrected chi connectivity index (χ1v) is 6.37. The summed E-state index contributed by atoms with van der Waals surface area (Å²) in [6.45, 7) is 1.76. The number of likely N-dealkylation sites (tertiary alicyclic amines) is 1. The van der Waals surface area contributed by atoms with E-state index >= 15 is 0 Å². The Morgan fingerprint density at radius 1 is 1.47 bits per heavy atom. The van der Waals surface area contributed by atoms with Crippen molar-refractivity contribution in [3.8, 4) is 5.75 Å². The van der Waals surface area contributed by atoms with Crippen molar-refractivity contribution in [2.75, 3.05) is 26.7 Å². The van der Waals surface area contributed by atoms with Crippen LogP contribution in [0.2, 0.25) is 0 Å². The summed E-state index contributed by atoms with van der Waals surface area (Å²) in [5, 5.41) is 9.59. The molecule has 0 bridgehead atoms. The van der Waals surface area contributed by atoms with Gasteiger partial charge in [-0.3, -0.25) is 9.69 Å². The van der Waals surface area contributed by atoms with Gasteiger partial charge >= 0.3 is 0 Å². The molecule has 19 heavy (non-hydrogen) atoms. The molecule has 1 aliphatic heterocycles. The Morgan fingerprint density at radius 3 is 2.79 bits per heavy atom. The number of Topliss-reactive ketones (excluding diaryl/α,β-unsaturated/α-hetero) is 1. The number of phenolic OH excluding ortho intramolecular Hbond substituents is 1. The number of ketones is 1. The summed E-state index contributed by atoms with van der Waals surface area (Å²) < 4.78 is 18.4. The number of nitrogens with zero attached hydrogens (tertiary/aromatic N) is 1. The molecule has 1 fully saturated rings. The first-order valence-electron chi connectivity index (χ1n) is 6.37. The summed E-state index contributed by atoms with van der Waals surface area (Å²) >= 11 is 0. The van der Waals surface area contributed by atoms with E-state index in [9.17, 15) is 14.3 Å². The third kappa shape index (κ3) is 3.52. The van der Waals surface area contributed by atoms with E-state index in [1.54, 1.807) is 7.11 Å². The lowest BCUT2D eigenvalue weighted by molar-refractivity contribution is 0.0401. The van der Waals surface area contributed by atoms with E-state index in [-0.39, 0.29) is 29.7 Å². The van der Waals surface area contributed by atoms with E-state index in [1.807, 2.05) is 4.90 Å². The molecule has 0 atom stereocenters. The molecule has 1 aromatic rings. The smallest absolute Gasteiger partial charge is 0.180 e. The topological polar surface area (TPSA) is 49.8 Å². The van der Waals surface area contributed by atoms with Crippen LogP contribution < -0.4 is 0 Å². The summed E-state index contributed by atoms with van der Waals surface area (Å²) in [6.07, 6.45) is 2.03. The van der Waals surface area contributed by atoms with Gasteiger partial charge in [0.05, 0.1) is 18.2 Å². The third-order valence-electron chi connectivity index (χ3n) is 3.49. The highest BCUT2D eigenvalue weighted by molar-refractivity contribution is 6.00. The zero-order valence-electron chi connectivity index (χ0n) is 10.9. The fraction of sp³-hybridized carbons (Fsp3) is 0.500. The molecule has 1 N–H and O–H groups in total. The van der Waals surface area contributed by atoms with Gasteiger partial charge in [0.15, 0.2) is 5.78 Å². The summed E-state index contributed by atoms with van der Waals surface area (Å²) in [7, 11) is 1.69. The molecule has 1 saturated heterocycles. The predicted molar refractivity (Wildman–Crippen MR) is 68.9 cm³/mol. The van der Waals surface area contributed by atoms with Crippen LogP contribution in [0.3, 0.4) is 0 Å². The molecule has 1 aromatic carbocycles. The predicted octanol–water partition coefficient (Wildman–Crippen LogP) is 1.82. The number of carbonyl (C=O) groups excluding carboxylic acids is 1. The van der Waals surface area contributed by atoms with Crippen LogP contribution in [0.1, 0.15) is 23.2 Å². The van der Waals surface area contributed by atoms with E-state index in [0.717, 1.165) is 38.1 Å². The van der Waals surface area contributed by atoms with Crippen LogP contribution in [0, 0.1) is 5.82 Å². The van der Waals surface area contributed by atoms with Gasteiger partial charge in [0, 0.05) is 20.2 Å². The SMILES string of the molecule is COC1CCN(CC(=O)c2cc(F)ccc2O)CC1. The molecule has 0 saturated carbocycles. The molecular weight excluding hydrogens is 249 g/mol. The van der Waals surface area contributed by atoms with Gasteiger partial charge in [-0.15, -0.1) is 0 Å². The molecule has 0 unspecified atom stereocenters. The van der Waals surface area contributed by atoms with Gasteiger partial charge < -0.3 is 9.84 Å². The zero-order chi connectivity index (χ0) is 13.8. The van der Waals surface area contributed by atoms with Crippen molar-refractivity contribution in [1.82, 2.24) is 4.90 Å². The fourth-order valence-electron chi connectivity index (χ4n) is 2.32. The molecule has 1 heterocycles. The van der Waals surface area contributed by atoms with Crippen LogP contribution in [-0.4, -0.2) is 48.6 Å². The number of aromatic hydroxyl groups is 1. The average molecular weight is 267 g/mol. The second-order valence-electron chi connectivity index (χ2n) is 4.80. The van der Waals surface area contributed by atoms with Crippen molar-refractivity contribution in [1.29, 1.82) is 0 Å². The maximum Gasteiger partial charge on any atom is 0.180 e. The highest BCUT2D eigenvalue weighted by Crippen LogP contribution is 2.20. The van der Waals surface area contributed by atoms with E-state index < -0.39 is 5.82 Å². The second kappa shape index (κ2) is 6.12. The summed E-state index contributed by atoms with van der Waals surface area (Å²) in [6, 6.07) is 3.43. The standard InChI is InChI=1S/C14H18FNO3/c1-19-11-4-6-16(7-5-11)9-14(18)12-8-10(15)2-3-13(12)17/h2-3,8,11,17H,4-7,9H2,1H3. The van der Waals surface area contributed by atoms with Gasteiger partial charge in [0.2, 0.25) is 0 Å². The van der Waals surface area contributed by atoms with Gasteiger partial charge in [-0.05, 0) is 31.0 Å². The number of benzene rings is 1. The van der Waals surface area contributed by atoms with Crippen molar-refractivity contribution in [3.05, 3.63) is 29.6 Å². The van der Waals surface area contributed by atoms with Crippen LogP contribution in [0.5, 0.6) is 5.75 Å². The maximum atomic E-state index is 13.1. The Morgan fingerprint density at radius 2 is 2.16 bits per heavy atom. The largest absolute Gasteiger partial charge is 0.507 e. The minimum atomic E-state index is -0.515. The van der Waals surface area contributed by atoms with Crippen LogP contribution in [0.4, 0.5) is 4.39 Å². The maximum absolute atomic E-state index is 13.1. The van der Waals surface area contributed by atoms with E-state index in [0.29, 0.717) is 0 Å². The van der Waals surface area contributed by atoms with Crippen molar-refractivity contribution < 1.29 is 19.0 Å². The fourth-order valence-corrected chi connectivity index (χ4v) is 2.32. The number of carbonyl (C=O) groups is 1. The molecule has 0 spiro atoms. The van der Waals surface area contributed by atoms with Gasteiger partial charge in [-0.1, -0.05) is 0 Å². The normalized spacial score (nSPS) is 17.6. The molecule has 0 radical (unpaired) electrons. The monoisotopic (exact) mass is 267 g/mol. The number of rotatable bonds is 4. The van der Waals surface area contributed by atoms with Crippen molar-refractivity contribution in [2.24, 2.45) is 0 Å². The Hall–Kier alpha value is -1.46. The number of piperidine rings is 1. The van der Waals surface area contributed by atoms with Crippen LogP contribution in [0.15, 0.2) is 18.2 Å². The Bertz CT molecular complexity index is 456. The van der Waals surface area contributed by atoms with Crippen LogP contribution in [-0.2, 0) is 4.74 Å². The molecular formula is C14H18FNO3. The third-order valence-corrected chi connectivity index (χ3v) is 3.49. The van der Waals surface area contributed by atoms with Gasteiger partial charge in [0.1, 0.15) is 11.6 Å². The lowest BCUT2D eigenvalue weighted by Gasteiger charge is -2.30. The van der Waals surface area contributed by atoms with E-state index in [4.69, 9.17) is 4.74 Å². The number of ether oxygens (including phenoxy) is 1. The highest BCUT2D eigenvalue weighted by atomic mass is 19.1. The van der Waals surface area contributed by atoms with Crippen molar-refractivity contribution >= 4 is 5.78 Å². The average Bonchev–Trinajstić information content (AvgIpc) is 2.42. The van der Waals surface area contributed by atoms with Crippen LogP contribution >= 0.6 is 0 Å². The van der Waals surface area contributed by atoms with Gasteiger partial charge in [-0.25, -0.2) is 4.39 Å². The molecule has 5 heteroatoms. The minimum absolute atomic E-state index is 0.0499. The molecule has 2 rings (SSSR count). The first-order chi connectivity index (χ1) is 9.10. The van der Waals surface area contributed by atoms with Crippen LogP contribution in [0.25, 0.3) is 0 Å². The number of phenols is 1. The van der Waals surface area contributed by atoms with Crippen molar-refractivity contribution in [2.45, 2.75) is 18.9 Å². The quantitative estimate of drug-likeness (QED) is 0.845. The highest BCUT2D eigenvalue weighted by Gasteiger charge is 2.22. The summed E-state index contributed by atoms with van der Waals surface area (Å²) in [5.41, 5.74) is 0.0499. The van der Waals surface area contributed by atoms with E-state index in [1.165, 1.54) is 6.07 Å². The van der Waals surface area contributed by atoms with Gasteiger partial charge in [0.25, 0.3) is 0 Å². The number of methoxy groups -OCH3 is 1. The first kappa shape index (κ1) is 14.0. The lowest BCUT2D eigenvalue weighted by atomic mass is 10.1. The molecule has 0 aromatic heterocycles. The molecule has 1 aliphatic rings. The number of halogens is 1. The zero-order valence-corrected chi connectivity index (χ0v) is 10.9. The lowest BCUT2D eigenvalue weighted by Crippen LogP contribution is -2.39. The number of hydrogen-bond acceptors (Lipinski definition) is 4. The Kier molecular flexibility index (Phi) is 4.50. The summed E-state index contributed by atoms with van der Waals surface area (Å²) in [4.78, 5) is 14.0. The minimum Gasteiger partial charge on any atom is -0.507 e. The molecule has 104 valence electrons. The second-order valence-corrected chi connectivity index (χ2v) is 4.80. The number of hydrogen-bond donors (Lipinski definition) is 1. The van der Waals surface area contributed by atoms with E-state index in [2.05, 4.69) is 0 Å².